The maximum absolute atomic E-state index is 6.17. The van der Waals surface area contributed by atoms with Gasteiger partial charge < -0.3 is 4.74 Å². The number of benzene rings is 3. The topological polar surface area (TPSA) is 9.23 Å². The molecule has 118 valence electrons. The summed E-state index contributed by atoms with van der Waals surface area (Å²) < 4.78 is 6.17. The van der Waals surface area contributed by atoms with E-state index in [0.717, 1.165) is 17.9 Å². The van der Waals surface area contributed by atoms with E-state index in [1.165, 1.54) is 23.1 Å². The summed E-state index contributed by atoms with van der Waals surface area (Å²) in [5.41, 5.74) is 3.97. The van der Waals surface area contributed by atoms with Crippen molar-refractivity contribution in [2.75, 3.05) is 0 Å². The van der Waals surface area contributed by atoms with E-state index >= 15 is 0 Å². The Morgan fingerprint density at radius 2 is 1.38 bits per heavy atom. The van der Waals surface area contributed by atoms with Gasteiger partial charge in [0.2, 0.25) is 0 Å². The lowest BCUT2D eigenvalue weighted by molar-refractivity contribution is 0.480. The van der Waals surface area contributed by atoms with Crippen LogP contribution in [0, 0.1) is 0 Å². The van der Waals surface area contributed by atoms with Crippen molar-refractivity contribution in [1.82, 2.24) is 0 Å². The highest BCUT2D eigenvalue weighted by molar-refractivity contribution is 5.77. The molecule has 0 N–H and O–H groups in total. The van der Waals surface area contributed by atoms with E-state index in [-0.39, 0.29) is 0 Å². The Morgan fingerprint density at radius 3 is 2.17 bits per heavy atom. The van der Waals surface area contributed by atoms with Gasteiger partial charge in [-0.25, -0.2) is 0 Å². The van der Waals surface area contributed by atoms with Crippen LogP contribution in [0.2, 0.25) is 0 Å². The molecule has 0 unspecified atom stereocenters. The van der Waals surface area contributed by atoms with Gasteiger partial charge in [-0.15, -0.1) is 0 Å². The highest BCUT2D eigenvalue weighted by atomic mass is 16.5. The molecule has 1 nitrogen and oxygen atoms in total. The van der Waals surface area contributed by atoms with E-state index in [1.807, 2.05) is 36.4 Å². The van der Waals surface area contributed by atoms with Gasteiger partial charge in [0.15, 0.2) is 0 Å². The molecular weight excluding hydrogens is 292 g/mol. The molecular formula is C23H20O. The van der Waals surface area contributed by atoms with Crippen molar-refractivity contribution in [2.24, 2.45) is 0 Å². The first kappa shape index (κ1) is 14.8. The first-order valence-electron chi connectivity index (χ1n) is 8.49. The molecule has 0 fully saturated rings. The molecule has 0 bridgehead atoms. The van der Waals surface area contributed by atoms with E-state index in [4.69, 9.17) is 4.74 Å². The number of hydrogen-bond donors (Lipinski definition) is 0. The van der Waals surface area contributed by atoms with Crippen LogP contribution in [-0.2, 0) is 0 Å². The molecule has 24 heavy (non-hydrogen) atoms. The Balaban J connectivity index is 1.69. The van der Waals surface area contributed by atoms with Crippen molar-refractivity contribution in [3.8, 4) is 11.5 Å². The Hall–Kier alpha value is -2.80. The van der Waals surface area contributed by atoms with Crippen molar-refractivity contribution in [3.63, 3.8) is 0 Å². The third-order valence-corrected chi connectivity index (χ3v) is 4.57. The highest BCUT2D eigenvalue weighted by Gasteiger charge is 2.24. The molecule has 0 aromatic heterocycles. The standard InChI is InChI=1S/C23H20O/c1-3-10-18(11-4-1)20-15-9-16-21(20)22-14-7-8-17-23(22)24-19-12-5-2-6-13-19/h1-8,10-14,16-17,20H,9,15H2/t20-/m0/s1. The fourth-order valence-electron chi connectivity index (χ4n) is 3.44. The average Bonchev–Trinajstić information content (AvgIpc) is 3.13. The van der Waals surface area contributed by atoms with Crippen LogP contribution < -0.4 is 4.74 Å². The first-order chi connectivity index (χ1) is 11.9. The Kier molecular flexibility index (Phi) is 4.16. The van der Waals surface area contributed by atoms with Crippen LogP contribution in [0.1, 0.15) is 29.9 Å². The molecule has 0 saturated heterocycles. The van der Waals surface area contributed by atoms with Gasteiger partial charge in [-0.2, -0.15) is 0 Å². The zero-order valence-electron chi connectivity index (χ0n) is 13.6. The zero-order valence-corrected chi connectivity index (χ0v) is 13.6. The van der Waals surface area contributed by atoms with Crippen molar-refractivity contribution in [1.29, 1.82) is 0 Å². The predicted molar refractivity (Wildman–Crippen MR) is 99.4 cm³/mol. The molecule has 0 spiro atoms. The van der Waals surface area contributed by atoms with E-state index in [0.29, 0.717) is 5.92 Å². The van der Waals surface area contributed by atoms with Crippen molar-refractivity contribution >= 4 is 5.57 Å². The van der Waals surface area contributed by atoms with Gasteiger partial charge in [-0.3, -0.25) is 0 Å². The zero-order chi connectivity index (χ0) is 16.2. The van der Waals surface area contributed by atoms with Crippen molar-refractivity contribution < 1.29 is 4.74 Å². The summed E-state index contributed by atoms with van der Waals surface area (Å²) in [6.07, 6.45) is 4.65. The maximum atomic E-state index is 6.17. The molecule has 4 rings (SSSR count). The van der Waals surface area contributed by atoms with Gasteiger partial charge in [-0.05, 0) is 42.2 Å². The number of ether oxygens (including phenoxy) is 1. The second-order valence-electron chi connectivity index (χ2n) is 6.11. The predicted octanol–water partition coefficient (Wildman–Crippen LogP) is 6.44. The monoisotopic (exact) mass is 312 g/mol. The average molecular weight is 312 g/mol. The molecule has 3 aromatic carbocycles. The molecule has 1 atom stereocenters. The van der Waals surface area contributed by atoms with Crippen LogP contribution >= 0.6 is 0 Å². The SMILES string of the molecule is C1=C(c2ccccc2Oc2ccccc2)[C@H](c2ccccc2)CC1. The maximum Gasteiger partial charge on any atom is 0.134 e. The summed E-state index contributed by atoms with van der Waals surface area (Å²) in [4.78, 5) is 0. The second kappa shape index (κ2) is 6.76. The lowest BCUT2D eigenvalue weighted by atomic mass is 9.88. The molecule has 0 amide bonds. The normalized spacial score (nSPS) is 16.7. The Bertz CT molecular complexity index is 834. The van der Waals surface area contributed by atoms with Gasteiger partial charge in [0, 0.05) is 11.5 Å². The molecule has 0 saturated carbocycles. The summed E-state index contributed by atoms with van der Waals surface area (Å²) >= 11 is 0. The lowest BCUT2D eigenvalue weighted by Gasteiger charge is -2.18. The minimum absolute atomic E-state index is 0.451. The third kappa shape index (κ3) is 2.98. The Labute approximate surface area is 143 Å². The van der Waals surface area contributed by atoms with Crippen LogP contribution in [0.3, 0.4) is 0 Å². The summed E-state index contributed by atoms with van der Waals surface area (Å²) in [5, 5.41) is 0. The van der Waals surface area contributed by atoms with Gasteiger partial charge in [0.05, 0.1) is 0 Å². The van der Waals surface area contributed by atoms with E-state index in [2.05, 4.69) is 54.6 Å². The number of rotatable bonds is 4. The molecule has 1 heteroatoms. The number of hydrogen-bond acceptors (Lipinski definition) is 1. The molecule has 1 aliphatic carbocycles. The van der Waals surface area contributed by atoms with Gasteiger partial charge >= 0.3 is 0 Å². The van der Waals surface area contributed by atoms with E-state index in [1.54, 1.807) is 0 Å². The summed E-state index contributed by atoms with van der Waals surface area (Å²) in [6.45, 7) is 0. The fraction of sp³-hybridized carbons (Fsp3) is 0.130. The second-order valence-corrected chi connectivity index (χ2v) is 6.11. The van der Waals surface area contributed by atoms with Crippen LogP contribution in [-0.4, -0.2) is 0 Å². The minimum atomic E-state index is 0.451. The van der Waals surface area contributed by atoms with Gasteiger partial charge in [0.25, 0.3) is 0 Å². The number of allylic oxidation sites excluding steroid dienone is 2. The minimum Gasteiger partial charge on any atom is -0.457 e. The lowest BCUT2D eigenvalue weighted by Crippen LogP contribution is -1.99. The summed E-state index contributed by atoms with van der Waals surface area (Å²) in [5.74, 6) is 2.25. The van der Waals surface area contributed by atoms with Crippen molar-refractivity contribution in [2.45, 2.75) is 18.8 Å². The van der Waals surface area contributed by atoms with Crippen LogP contribution in [0.15, 0.2) is 91.0 Å². The molecule has 1 aliphatic rings. The molecule has 0 heterocycles. The molecule has 3 aromatic rings. The number of para-hydroxylation sites is 2. The van der Waals surface area contributed by atoms with Crippen LogP contribution in [0.5, 0.6) is 11.5 Å². The molecule has 0 radical (unpaired) electrons. The van der Waals surface area contributed by atoms with Crippen LogP contribution in [0.4, 0.5) is 0 Å². The molecule has 0 aliphatic heterocycles. The Morgan fingerprint density at radius 1 is 0.708 bits per heavy atom. The van der Waals surface area contributed by atoms with Crippen LogP contribution in [0.25, 0.3) is 5.57 Å². The van der Waals surface area contributed by atoms with E-state index < -0.39 is 0 Å². The largest absolute Gasteiger partial charge is 0.457 e. The smallest absolute Gasteiger partial charge is 0.134 e. The van der Waals surface area contributed by atoms with Gasteiger partial charge in [0.1, 0.15) is 11.5 Å². The van der Waals surface area contributed by atoms with E-state index in [9.17, 15) is 0 Å². The van der Waals surface area contributed by atoms with Gasteiger partial charge in [-0.1, -0.05) is 72.8 Å². The summed E-state index contributed by atoms with van der Waals surface area (Å²) in [6, 6.07) is 29.1. The van der Waals surface area contributed by atoms with Crippen molar-refractivity contribution in [3.05, 3.63) is 102 Å². The highest BCUT2D eigenvalue weighted by Crippen LogP contribution is 2.44. The quantitative estimate of drug-likeness (QED) is 0.538. The summed E-state index contributed by atoms with van der Waals surface area (Å²) in [7, 11) is 0. The first-order valence-corrected chi connectivity index (χ1v) is 8.49. The fourth-order valence-corrected chi connectivity index (χ4v) is 3.44. The third-order valence-electron chi connectivity index (χ3n) is 4.57.